The maximum Gasteiger partial charge on any atom is 0.112 e. The van der Waals surface area contributed by atoms with Crippen LogP contribution >= 0.6 is 0 Å². The third-order valence-corrected chi connectivity index (χ3v) is 4.01. The first-order chi connectivity index (χ1) is 9.33. The highest BCUT2D eigenvalue weighted by atomic mass is 16.3. The van der Waals surface area contributed by atoms with Gasteiger partial charge in [0.05, 0.1) is 18.0 Å². The van der Waals surface area contributed by atoms with Crippen molar-refractivity contribution in [1.29, 1.82) is 0 Å². The monoisotopic (exact) mass is 257 g/mol. The highest BCUT2D eigenvalue weighted by Gasteiger charge is 2.27. The summed E-state index contributed by atoms with van der Waals surface area (Å²) in [5, 5.41) is 17.8. The summed E-state index contributed by atoms with van der Waals surface area (Å²) in [7, 11) is 0. The van der Waals surface area contributed by atoms with Gasteiger partial charge in [-0.05, 0) is 37.0 Å². The van der Waals surface area contributed by atoms with Crippen LogP contribution in [0.3, 0.4) is 0 Å². The topological polar surface area (TPSA) is 50.9 Å². The summed E-state index contributed by atoms with van der Waals surface area (Å²) in [4.78, 5) is 0. The van der Waals surface area contributed by atoms with Gasteiger partial charge in [0, 0.05) is 5.92 Å². The van der Waals surface area contributed by atoms with Crippen LogP contribution in [0.25, 0.3) is 5.69 Å². The smallest absolute Gasteiger partial charge is 0.112 e. The molecule has 1 aliphatic rings. The van der Waals surface area contributed by atoms with Crippen LogP contribution in [0.2, 0.25) is 0 Å². The maximum absolute atomic E-state index is 9.41. The quantitative estimate of drug-likeness (QED) is 0.916. The van der Waals surface area contributed by atoms with E-state index in [9.17, 15) is 5.11 Å². The largest absolute Gasteiger partial charge is 0.390 e. The second-order valence-electron chi connectivity index (χ2n) is 5.14. The van der Waals surface area contributed by atoms with Gasteiger partial charge < -0.3 is 5.11 Å². The average molecular weight is 257 g/mol. The number of hydrogen-bond acceptors (Lipinski definition) is 3. The van der Waals surface area contributed by atoms with Gasteiger partial charge >= 0.3 is 0 Å². The van der Waals surface area contributed by atoms with E-state index in [4.69, 9.17) is 0 Å². The van der Waals surface area contributed by atoms with Crippen molar-refractivity contribution in [2.45, 2.75) is 45.1 Å². The Kier molecular flexibility index (Phi) is 3.34. The standard InChI is InChI=1S/C15H19N3O/c1-2-11-6-8-13(9-7-11)18-15(12-4-3-5-12)14(10-19)16-17-18/h6-9,12,19H,2-5,10H2,1H3. The molecule has 0 amide bonds. The molecular weight excluding hydrogens is 238 g/mol. The Morgan fingerprint density at radius 1 is 1.26 bits per heavy atom. The van der Waals surface area contributed by atoms with Crippen LogP contribution in [0.4, 0.5) is 0 Å². The fraction of sp³-hybridized carbons (Fsp3) is 0.467. The second-order valence-corrected chi connectivity index (χ2v) is 5.14. The summed E-state index contributed by atoms with van der Waals surface area (Å²) in [6.45, 7) is 2.12. The molecule has 4 nitrogen and oxygen atoms in total. The molecule has 0 unspecified atom stereocenters. The minimum absolute atomic E-state index is 0.0289. The van der Waals surface area contributed by atoms with Crippen molar-refractivity contribution in [2.75, 3.05) is 0 Å². The molecule has 0 aliphatic heterocycles. The predicted molar refractivity (Wildman–Crippen MR) is 73.3 cm³/mol. The molecule has 1 heterocycles. The third-order valence-electron chi connectivity index (χ3n) is 4.01. The van der Waals surface area contributed by atoms with E-state index in [-0.39, 0.29) is 6.61 Å². The molecule has 1 N–H and O–H groups in total. The molecule has 2 aromatic rings. The molecule has 0 radical (unpaired) electrons. The number of hydrogen-bond donors (Lipinski definition) is 1. The Bertz CT molecular complexity index is 555. The first-order valence-electron chi connectivity index (χ1n) is 6.98. The molecule has 100 valence electrons. The van der Waals surface area contributed by atoms with Crippen LogP contribution in [0.15, 0.2) is 24.3 Å². The van der Waals surface area contributed by atoms with Crippen molar-refractivity contribution >= 4 is 0 Å². The van der Waals surface area contributed by atoms with E-state index in [1.54, 1.807) is 0 Å². The fourth-order valence-electron chi connectivity index (χ4n) is 2.59. The van der Waals surface area contributed by atoms with Crippen molar-refractivity contribution in [3.05, 3.63) is 41.2 Å². The fourth-order valence-corrected chi connectivity index (χ4v) is 2.59. The van der Waals surface area contributed by atoms with Crippen LogP contribution in [0.1, 0.15) is 49.1 Å². The molecule has 1 aromatic carbocycles. The Balaban J connectivity index is 2.00. The Morgan fingerprint density at radius 2 is 2.00 bits per heavy atom. The minimum Gasteiger partial charge on any atom is -0.390 e. The Hall–Kier alpha value is -1.68. The lowest BCUT2D eigenvalue weighted by Gasteiger charge is -2.26. The molecule has 4 heteroatoms. The number of aliphatic hydroxyl groups excluding tert-OH is 1. The van der Waals surface area contributed by atoms with Gasteiger partial charge in [-0.25, -0.2) is 4.68 Å². The minimum atomic E-state index is -0.0289. The molecule has 1 aliphatic carbocycles. The summed E-state index contributed by atoms with van der Waals surface area (Å²) >= 11 is 0. The molecule has 0 bridgehead atoms. The molecule has 0 saturated heterocycles. The zero-order valence-corrected chi connectivity index (χ0v) is 11.2. The van der Waals surface area contributed by atoms with Gasteiger partial charge in [-0.2, -0.15) is 0 Å². The molecule has 19 heavy (non-hydrogen) atoms. The number of rotatable bonds is 4. The maximum atomic E-state index is 9.41. The van der Waals surface area contributed by atoms with Crippen molar-refractivity contribution in [3.8, 4) is 5.69 Å². The van der Waals surface area contributed by atoms with Gasteiger partial charge in [-0.3, -0.25) is 0 Å². The zero-order chi connectivity index (χ0) is 13.2. The first kappa shape index (κ1) is 12.4. The van der Waals surface area contributed by atoms with Crippen molar-refractivity contribution in [2.24, 2.45) is 0 Å². The summed E-state index contributed by atoms with van der Waals surface area (Å²) in [5.74, 6) is 0.503. The molecule has 0 atom stereocenters. The lowest BCUT2D eigenvalue weighted by Crippen LogP contribution is -2.16. The summed E-state index contributed by atoms with van der Waals surface area (Å²) in [5.41, 5.74) is 4.17. The highest BCUT2D eigenvalue weighted by molar-refractivity contribution is 5.37. The van der Waals surface area contributed by atoms with E-state index in [2.05, 4.69) is 41.5 Å². The van der Waals surface area contributed by atoms with Crippen LogP contribution in [0.5, 0.6) is 0 Å². The number of aromatic nitrogens is 3. The van der Waals surface area contributed by atoms with Crippen LogP contribution in [-0.2, 0) is 13.0 Å². The van der Waals surface area contributed by atoms with E-state index in [0.717, 1.165) is 23.5 Å². The van der Waals surface area contributed by atoms with E-state index in [1.165, 1.54) is 24.8 Å². The number of benzene rings is 1. The van der Waals surface area contributed by atoms with Crippen LogP contribution < -0.4 is 0 Å². The van der Waals surface area contributed by atoms with Gasteiger partial charge in [0.15, 0.2) is 0 Å². The predicted octanol–water partition coefficient (Wildman–Crippen LogP) is 2.59. The number of aliphatic hydroxyl groups is 1. The third kappa shape index (κ3) is 2.16. The van der Waals surface area contributed by atoms with Crippen molar-refractivity contribution in [3.63, 3.8) is 0 Å². The zero-order valence-electron chi connectivity index (χ0n) is 11.2. The highest BCUT2D eigenvalue weighted by Crippen LogP contribution is 2.38. The van der Waals surface area contributed by atoms with E-state index in [1.807, 2.05) is 4.68 Å². The molecule has 1 saturated carbocycles. The summed E-state index contributed by atoms with van der Waals surface area (Å²) < 4.78 is 1.90. The summed E-state index contributed by atoms with van der Waals surface area (Å²) in [6.07, 6.45) is 4.64. The SMILES string of the molecule is CCc1ccc(-n2nnc(CO)c2C2CCC2)cc1. The van der Waals surface area contributed by atoms with Gasteiger partial charge in [0.1, 0.15) is 5.69 Å². The number of nitrogens with zero attached hydrogens (tertiary/aromatic N) is 3. The van der Waals surface area contributed by atoms with Crippen LogP contribution in [-0.4, -0.2) is 20.1 Å². The lowest BCUT2D eigenvalue weighted by atomic mass is 9.82. The lowest BCUT2D eigenvalue weighted by molar-refractivity contribution is 0.272. The summed E-state index contributed by atoms with van der Waals surface area (Å²) in [6, 6.07) is 8.41. The normalized spacial score (nSPS) is 15.5. The van der Waals surface area contributed by atoms with Gasteiger partial charge in [0.25, 0.3) is 0 Å². The van der Waals surface area contributed by atoms with E-state index < -0.39 is 0 Å². The first-order valence-corrected chi connectivity index (χ1v) is 6.98. The Labute approximate surface area is 113 Å². The molecule has 3 rings (SSSR count). The van der Waals surface area contributed by atoms with Crippen LogP contribution in [0, 0.1) is 0 Å². The van der Waals surface area contributed by atoms with Crippen molar-refractivity contribution in [1.82, 2.24) is 15.0 Å². The molecule has 1 fully saturated rings. The average Bonchev–Trinajstić information content (AvgIpc) is 2.80. The van der Waals surface area contributed by atoms with Gasteiger partial charge in [-0.15, -0.1) is 5.10 Å². The van der Waals surface area contributed by atoms with Gasteiger partial charge in [-0.1, -0.05) is 30.7 Å². The molecule has 0 spiro atoms. The van der Waals surface area contributed by atoms with E-state index in [0.29, 0.717) is 5.92 Å². The van der Waals surface area contributed by atoms with E-state index >= 15 is 0 Å². The Morgan fingerprint density at radius 3 is 2.53 bits per heavy atom. The second kappa shape index (κ2) is 5.13. The number of aryl methyl sites for hydroxylation is 1. The van der Waals surface area contributed by atoms with Crippen molar-refractivity contribution < 1.29 is 5.11 Å². The molecule has 1 aromatic heterocycles. The van der Waals surface area contributed by atoms with Gasteiger partial charge in [0.2, 0.25) is 0 Å². The molecular formula is C15H19N3O.